The van der Waals surface area contributed by atoms with Gasteiger partial charge in [-0.2, -0.15) is 0 Å². The molecule has 6 heteroatoms. The molecule has 1 heterocycles. The van der Waals surface area contributed by atoms with Crippen molar-refractivity contribution in [1.82, 2.24) is 4.90 Å². The van der Waals surface area contributed by atoms with Crippen molar-refractivity contribution in [2.45, 2.75) is 13.0 Å². The number of carbonyl (C=O) groups excluding carboxylic acids is 2. The van der Waals surface area contributed by atoms with Gasteiger partial charge in [0.15, 0.2) is 0 Å². The van der Waals surface area contributed by atoms with Crippen molar-refractivity contribution in [3.8, 4) is 0 Å². The van der Waals surface area contributed by atoms with E-state index in [1.165, 1.54) is 0 Å². The number of halogens is 1. The number of aryl methyl sites for hydroxylation is 1. The zero-order valence-electron chi connectivity index (χ0n) is 13.2. The van der Waals surface area contributed by atoms with E-state index in [1.54, 1.807) is 47.0 Å². The van der Waals surface area contributed by atoms with Gasteiger partial charge in [-0.1, -0.05) is 29.8 Å². The molecule has 0 radical (unpaired) electrons. The van der Waals surface area contributed by atoms with Gasteiger partial charge in [-0.05, 0) is 42.8 Å². The molecule has 1 saturated heterocycles. The number of carbonyl (C=O) groups is 2. The van der Waals surface area contributed by atoms with Gasteiger partial charge in [0.25, 0.3) is 5.91 Å². The molecule has 0 bridgehead atoms. The van der Waals surface area contributed by atoms with E-state index in [4.69, 9.17) is 11.6 Å². The Balaban J connectivity index is 1.75. The fraction of sp³-hybridized carbons (Fsp3) is 0.222. The molecule has 4 nitrogen and oxygen atoms in total. The molecule has 124 valence electrons. The first-order valence-corrected chi connectivity index (χ1v) is 9.10. The molecule has 1 N–H and O–H groups in total. The highest BCUT2D eigenvalue weighted by atomic mass is 35.5. The van der Waals surface area contributed by atoms with Crippen LogP contribution in [0.25, 0.3) is 0 Å². The summed E-state index contributed by atoms with van der Waals surface area (Å²) in [6.07, 6.45) is 0. The Bertz CT molecular complexity index is 767. The van der Waals surface area contributed by atoms with Crippen molar-refractivity contribution >= 4 is 40.9 Å². The number of benzene rings is 2. The molecule has 0 saturated carbocycles. The number of nitrogens with zero attached hydrogens (tertiary/aromatic N) is 1. The summed E-state index contributed by atoms with van der Waals surface area (Å²) in [5.74, 6) is 0.825. The van der Waals surface area contributed by atoms with E-state index in [9.17, 15) is 9.59 Å². The summed E-state index contributed by atoms with van der Waals surface area (Å²) in [5, 5.41) is 3.54. The zero-order chi connectivity index (χ0) is 17.1. The number of nitrogens with one attached hydrogen (secondary N) is 1. The van der Waals surface area contributed by atoms with E-state index in [1.807, 2.05) is 25.1 Å². The van der Waals surface area contributed by atoms with Crippen LogP contribution in [0.5, 0.6) is 0 Å². The minimum atomic E-state index is -0.474. The number of anilines is 1. The van der Waals surface area contributed by atoms with Crippen LogP contribution in [0.15, 0.2) is 48.5 Å². The Morgan fingerprint density at radius 3 is 2.67 bits per heavy atom. The van der Waals surface area contributed by atoms with Crippen LogP contribution < -0.4 is 5.32 Å². The molecule has 1 atom stereocenters. The van der Waals surface area contributed by atoms with Gasteiger partial charge in [-0.3, -0.25) is 9.59 Å². The van der Waals surface area contributed by atoms with Crippen LogP contribution in [0.3, 0.4) is 0 Å². The Morgan fingerprint density at radius 2 is 1.96 bits per heavy atom. The van der Waals surface area contributed by atoms with Crippen molar-refractivity contribution in [2.75, 3.05) is 16.9 Å². The lowest BCUT2D eigenvalue weighted by molar-refractivity contribution is -0.119. The predicted octanol–water partition coefficient (Wildman–Crippen LogP) is 3.80. The number of amides is 2. The highest BCUT2D eigenvalue weighted by molar-refractivity contribution is 7.99. The zero-order valence-corrected chi connectivity index (χ0v) is 14.7. The van der Waals surface area contributed by atoms with Gasteiger partial charge in [0.1, 0.15) is 6.04 Å². The first kappa shape index (κ1) is 16.9. The fourth-order valence-corrected chi connectivity index (χ4v) is 3.97. The molecule has 1 unspecified atom stereocenters. The van der Waals surface area contributed by atoms with Gasteiger partial charge in [-0.25, -0.2) is 0 Å². The molecule has 1 aliphatic heterocycles. The summed E-state index contributed by atoms with van der Waals surface area (Å²) in [6.45, 7) is 1.89. The average Bonchev–Trinajstić information content (AvgIpc) is 3.07. The van der Waals surface area contributed by atoms with E-state index in [0.29, 0.717) is 27.9 Å². The second kappa shape index (κ2) is 7.28. The summed E-state index contributed by atoms with van der Waals surface area (Å²) < 4.78 is 0. The Hall–Kier alpha value is -1.98. The predicted molar refractivity (Wildman–Crippen MR) is 98.5 cm³/mol. The summed E-state index contributed by atoms with van der Waals surface area (Å²) in [4.78, 5) is 26.9. The minimum Gasteiger partial charge on any atom is -0.324 e. The lowest BCUT2D eigenvalue weighted by atomic mass is 10.1. The number of rotatable bonds is 3. The topological polar surface area (TPSA) is 49.4 Å². The van der Waals surface area contributed by atoms with Crippen LogP contribution in [0.4, 0.5) is 5.69 Å². The highest BCUT2D eigenvalue weighted by Gasteiger charge is 2.35. The van der Waals surface area contributed by atoms with Crippen LogP contribution >= 0.6 is 23.4 Å². The standard InChI is InChI=1S/C18H17ClN2O2S/c1-12-9-14(19)7-8-15(12)20-17(22)16-10-24-11-21(16)18(23)13-5-3-2-4-6-13/h2-9,16H,10-11H2,1H3,(H,20,22). The van der Waals surface area contributed by atoms with Gasteiger partial charge in [-0.15, -0.1) is 11.8 Å². The Morgan fingerprint density at radius 1 is 1.21 bits per heavy atom. The maximum absolute atomic E-state index is 12.6. The van der Waals surface area contributed by atoms with Crippen LogP contribution in [-0.2, 0) is 4.79 Å². The van der Waals surface area contributed by atoms with E-state index >= 15 is 0 Å². The fourth-order valence-electron chi connectivity index (χ4n) is 2.59. The monoisotopic (exact) mass is 360 g/mol. The number of thioether (sulfide) groups is 1. The molecule has 0 aliphatic carbocycles. The van der Waals surface area contributed by atoms with Gasteiger partial charge in [0.2, 0.25) is 5.91 Å². The summed E-state index contributed by atoms with van der Waals surface area (Å²) >= 11 is 7.53. The van der Waals surface area contributed by atoms with Crippen molar-refractivity contribution < 1.29 is 9.59 Å². The van der Waals surface area contributed by atoms with Crippen molar-refractivity contribution in [1.29, 1.82) is 0 Å². The maximum atomic E-state index is 12.6. The van der Waals surface area contributed by atoms with Crippen LogP contribution in [0.1, 0.15) is 15.9 Å². The second-order valence-electron chi connectivity index (χ2n) is 5.61. The first-order chi connectivity index (χ1) is 11.6. The smallest absolute Gasteiger partial charge is 0.255 e. The van der Waals surface area contributed by atoms with Gasteiger partial charge >= 0.3 is 0 Å². The number of hydrogen-bond acceptors (Lipinski definition) is 3. The molecule has 1 fully saturated rings. The van der Waals surface area contributed by atoms with Gasteiger partial charge < -0.3 is 10.2 Å². The molecule has 3 rings (SSSR count). The van der Waals surface area contributed by atoms with Crippen LogP contribution in [0.2, 0.25) is 5.02 Å². The molecule has 24 heavy (non-hydrogen) atoms. The third-order valence-electron chi connectivity index (χ3n) is 3.91. The van der Waals surface area contributed by atoms with Crippen LogP contribution in [0, 0.1) is 6.92 Å². The Kier molecular flexibility index (Phi) is 5.11. The SMILES string of the molecule is Cc1cc(Cl)ccc1NC(=O)C1CSCN1C(=O)c1ccccc1. The highest BCUT2D eigenvalue weighted by Crippen LogP contribution is 2.25. The lowest BCUT2D eigenvalue weighted by Crippen LogP contribution is -2.44. The molecule has 0 aromatic heterocycles. The maximum Gasteiger partial charge on any atom is 0.255 e. The van der Waals surface area contributed by atoms with E-state index in [0.717, 1.165) is 5.56 Å². The molecule has 0 spiro atoms. The summed E-state index contributed by atoms with van der Waals surface area (Å²) in [5.41, 5.74) is 2.20. The van der Waals surface area contributed by atoms with E-state index in [2.05, 4.69) is 5.32 Å². The number of hydrogen-bond donors (Lipinski definition) is 1. The van der Waals surface area contributed by atoms with Gasteiger partial charge in [0, 0.05) is 22.0 Å². The third kappa shape index (κ3) is 3.57. The van der Waals surface area contributed by atoms with Gasteiger partial charge in [0.05, 0.1) is 5.88 Å². The van der Waals surface area contributed by atoms with Crippen molar-refractivity contribution in [3.63, 3.8) is 0 Å². The molecule has 2 aromatic rings. The first-order valence-electron chi connectivity index (χ1n) is 7.57. The molecular weight excluding hydrogens is 344 g/mol. The normalized spacial score (nSPS) is 16.9. The van der Waals surface area contributed by atoms with Crippen molar-refractivity contribution in [2.24, 2.45) is 0 Å². The van der Waals surface area contributed by atoms with E-state index < -0.39 is 6.04 Å². The Labute approximate surface area is 150 Å². The molecule has 1 aliphatic rings. The van der Waals surface area contributed by atoms with E-state index in [-0.39, 0.29) is 11.8 Å². The lowest BCUT2D eigenvalue weighted by Gasteiger charge is -2.23. The molecule has 2 amide bonds. The molecule has 2 aromatic carbocycles. The summed E-state index contributed by atoms with van der Waals surface area (Å²) in [6, 6.07) is 13.9. The minimum absolute atomic E-state index is 0.117. The summed E-state index contributed by atoms with van der Waals surface area (Å²) in [7, 11) is 0. The van der Waals surface area contributed by atoms with Crippen molar-refractivity contribution in [3.05, 3.63) is 64.7 Å². The molecular formula is C18H17ClN2O2S. The average molecular weight is 361 g/mol. The van der Waals surface area contributed by atoms with Crippen LogP contribution in [-0.4, -0.2) is 34.4 Å². The largest absolute Gasteiger partial charge is 0.324 e. The second-order valence-corrected chi connectivity index (χ2v) is 7.04. The quantitative estimate of drug-likeness (QED) is 0.905. The third-order valence-corrected chi connectivity index (χ3v) is 5.16.